The van der Waals surface area contributed by atoms with Gasteiger partial charge in [0.05, 0.1) is 5.69 Å². The second-order valence-corrected chi connectivity index (χ2v) is 16.6. The number of pyridine rings is 2. The average molecular weight is 868 g/mol. The smallest absolute Gasteiger partial charge is 0.136 e. The summed E-state index contributed by atoms with van der Waals surface area (Å²) in [5.74, 6) is 1.09. The van der Waals surface area contributed by atoms with Crippen molar-refractivity contribution < 1.29 is 26.2 Å². The molecule has 0 amide bonds. The molecule has 0 aliphatic rings. The largest absolute Gasteiger partial charge is 0.507 e. The SMILES string of the molecule is CC(C)(C)c1cc(-c2[c-]c(N(c3ccccc3)c3ccccn3)cc(Cc3ccccc3)c2)nc(-c2cc(C(C)(C)C)cc(C(C)(C)C)c2O)c1.[Pt]. The number of nitrogens with zero attached hydrogens (tertiary/aromatic N) is 3. The Labute approximate surface area is 325 Å². The molecule has 0 spiro atoms. The summed E-state index contributed by atoms with van der Waals surface area (Å²) in [6.07, 6.45) is 2.57. The number of aromatic nitrogens is 2. The van der Waals surface area contributed by atoms with Gasteiger partial charge in [-0.1, -0.05) is 129 Å². The Hall–Kier alpha value is -4.53. The van der Waals surface area contributed by atoms with Crippen LogP contribution in [0, 0.1) is 6.07 Å². The Kier molecular flexibility index (Phi) is 11.3. The van der Waals surface area contributed by atoms with Gasteiger partial charge in [0.1, 0.15) is 11.6 Å². The van der Waals surface area contributed by atoms with Crippen molar-refractivity contribution in [3.05, 3.63) is 155 Å². The van der Waals surface area contributed by atoms with Crippen molar-refractivity contribution in [1.29, 1.82) is 0 Å². The molecule has 6 rings (SSSR count). The van der Waals surface area contributed by atoms with E-state index in [1.807, 2.05) is 42.6 Å². The van der Waals surface area contributed by atoms with Gasteiger partial charge in [-0.05, 0) is 87.1 Å². The van der Waals surface area contributed by atoms with Crippen LogP contribution in [0.5, 0.6) is 5.75 Å². The van der Waals surface area contributed by atoms with E-state index in [2.05, 4.69) is 152 Å². The molecule has 52 heavy (non-hydrogen) atoms. The van der Waals surface area contributed by atoms with Crippen molar-refractivity contribution >= 4 is 17.2 Å². The van der Waals surface area contributed by atoms with Crippen molar-refractivity contribution in [2.75, 3.05) is 4.90 Å². The number of hydrogen-bond acceptors (Lipinski definition) is 4. The molecule has 4 aromatic carbocycles. The van der Waals surface area contributed by atoms with Gasteiger partial charge in [0.15, 0.2) is 0 Å². The maximum Gasteiger partial charge on any atom is 0.136 e. The molecule has 2 aromatic heterocycles. The number of rotatable bonds is 7. The summed E-state index contributed by atoms with van der Waals surface area (Å²) >= 11 is 0. The Balaban J connectivity index is 0.00000523. The first-order valence-electron chi connectivity index (χ1n) is 17.9. The molecule has 5 heteroatoms. The van der Waals surface area contributed by atoms with Crippen LogP contribution in [0.25, 0.3) is 22.5 Å². The van der Waals surface area contributed by atoms with Crippen LogP contribution in [0.2, 0.25) is 0 Å². The number of benzene rings is 4. The van der Waals surface area contributed by atoms with Crippen LogP contribution in [0.15, 0.2) is 121 Å². The van der Waals surface area contributed by atoms with Gasteiger partial charge in [0.25, 0.3) is 0 Å². The van der Waals surface area contributed by atoms with E-state index >= 15 is 0 Å². The minimum atomic E-state index is -0.259. The fraction of sp³-hybridized carbons (Fsp3) is 0.277. The molecule has 0 fully saturated rings. The monoisotopic (exact) mass is 867 g/mol. The molecule has 0 unspecified atom stereocenters. The van der Waals surface area contributed by atoms with Crippen molar-refractivity contribution in [2.24, 2.45) is 0 Å². The Morgan fingerprint density at radius 3 is 1.81 bits per heavy atom. The van der Waals surface area contributed by atoms with Crippen molar-refractivity contribution in [3.63, 3.8) is 0 Å². The summed E-state index contributed by atoms with van der Waals surface area (Å²) < 4.78 is 0. The Morgan fingerprint density at radius 2 is 1.21 bits per heavy atom. The van der Waals surface area contributed by atoms with Gasteiger partial charge in [-0.2, -0.15) is 0 Å². The van der Waals surface area contributed by atoms with Crippen molar-refractivity contribution in [3.8, 4) is 28.3 Å². The topological polar surface area (TPSA) is 49.2 Å². The Bertz CT molecular complexity index is 2090. The van der Waals surface area contributed by atoms with Crippen LogP contribution in [-0.2, 0) is 43.7 Å². The van der Waals surface area contributed by atoms with Gasteiger partial charge in [0, 0.05) is 44.1 Å². The van der Waals surface area contributed by atoms with E-state index < -0.39 is 0 Å². The van der Waals surface area contributed by atoms with E-state index in [-0.39, 0.29) is 43.1 Å². The predicted molar refractivity (Wildman–Crippen MR) is 213 cm³/mol. The van der Waals surface area contributed by atoms with E-state index in [4.69, 9.17) is 9.97 Å². The second kappa shape index (κ2) is 15.2. The zero-order valence-corrected chi connectivity index (χ0v) is 34.1. The quantitative estimate of drug-likeness (QED) is 0.162. The molecular weight excluding hydrogens is 818 g/mol. The third kappa shape index (κ3) is 8.73. The summed E-state index contributed by atoms with van der Waals surface area (Å²) in [6.45, 7) is 19.8. The molecule has 1 N–H and O–H groups in total. The van der Waals surface area contributed by atoms with Gasteiger partial charge in [-0.25, -0.2) is 4.98 Å². The van der Waals surface area contributed by atoms with Gasteiger partial charge < -0.3 is 10.0 Å². The summed E-state index contributed by atoms with van der Waals surface area (Å²) in [6, 6.07) is 43.7. The van der Waals surface area contributed by atoms with Gasteiger partial charge in [-0.15, -0.1) is 29.3 Å². The molecule has 0 bridgehead atoms. The molecule has 0 aliphatic carbocycles. The maximum atomic E-state index is 11.9. The number of phenolic OH excluding ortho intramolecular Hbond substituents is 1. The summed E-state index contributed by atoms with van der Waals surface area (Å²) in [5.41, 5.74) is 10.1. The molecule has 0 saturated heterocycles. The van der Waals surface area contributed by atoms with Crippen LogP contribution in [0.4, 0.5) is 17.2 Å². The number of aromatic hydroxyl groups is 1. The second-order valence-electron chi connectivity index (χ2n) is 16.6. The fourth-order valence-corrected chi connectivity index (χ4v) is 6.34. The predicted octanol–water partition coefficient (Wildman–Crippen LogP) is 12.3. The molecule has 0 atom stereocenters. The Morgan fingerprint density at radius 1 is 0.615 bits per heavy atom. The first-order chi connectivity index (χ1) is 24.1. The molecule has 0 saturated carbocycles. The third-order valence-electron chi connectivity index (χ3n) is 9.33. The summed E-state index contributed by atoms with van der Waals surface area (Å²) in [4.78, 5) is 12.3. The van der Waals surface area contributed by atoms with Crippen LogP contribution in [0.3, 0.4) is 0 Å². The number of phenols is 1. The van der Waals surface area contributed by atoms with Gasteiger partial charge in [-0.3, -0.25) is 4.98 Å². The molecule has 270 valence electrons. The minimum Gasteiger partial charge on any atom is -0.507 e. The molecule has 6 aromatic rings. The van der Waals surface area contributed by atoms with Crippen LogP contribution in [-0.4, -0.2) is 15.1 Å². The third-order valence-corrected chi connectivity index (χ3v) is 9.33. The van der Waals surface area contributed by atoms with E-state index in [0.29, 0.717) is 0 Å². The van der Waals surface area contributed by atoms with Gasteiger partial charge >= 0.3 is 0 Å². The zero-order chi connectivity index (χ0) is 36.6. The molecule has 2 heterocycles. The fourth-order valence-electron chi connectivity index (χ4n) is 6.34. The first-order valence-corrected chi connectivity index (χ1v) is 17.9. The van der Waals surface area contributed by atoms with Crippen molar-refractivity contribution in [2.45, 2.75) is 85.0 Å². The molecule has 0 radical (unpaired) electrons. The minimum absolute atomic E-state index is 0. The van der Waals surface area contributed by atoms with Gasteiger partial charge in [0.2, 0.25) is 0 Å². The maximum absolute atomic E-state index is 11.9. The number of para-hydroxylation sites is 1. The van der Waals surface area contributed by atoms with Crippen LogP contribution in [0.1, 0.15) is 90.1 Å². The van der Waals surface area contributed by atoms with E-state index in [0.717, 1.165) is 68.4 Å². The van der Waals surface area contributed by atoms with Crippen LogP contribution < -0.4 is 4.90 Å². The standard InChI is InChI=1S/C47H50N3O.Pt/c1-45(2,3)35-28-39(44(51)40(29-35)47(7,8)9)42-31-36(46(4,5)6)30-41(49-42)34-25-33(24-32-18-12-10-13-19-32)26-38(27-34)50(37-20-14-11-15-21-37)43-22-16-17-23-48-43;/h10-23,25-26,28-31,51H,24H2,1-9H3;/q-1;. The number of anilines is 3. The first kappa shape index (κ1) is 38.7. The summed E-state index contributed by atoms with van der Waals surface area (Å²) in [5, 5.41) is 11.9. The molecular formula is C47H50N3OPt-. The van der Waals surface area contributed by atoms with E-state index in [9.17, 15) is 5.11 Å². The van der Waals surface area contributed by atoms with E-state index in [1.54, 1.807) is 0 Å². The summed E-state index contributed by atoms with van der Waals surface area (Å²) in [7, 11) is 0. The van der Waals surface area contributed by atoms with Crippen molar-refractivity contribution in [1.82, 2.24) is 9.97 Å². The zero-order valence-electron chi connectivity index (χ0n) is 31.9. The number of hydrogen-bond donors (Lipinski definition) is 1. The van der Waals surface area contributed by atoms with Crippen LogP contribution >= 0.6 is 0 Å². The normalized spacial score (nSPS) is 11.9. The molecule has 4 nitrogen and oxygen atoms in total. The van der Waals surface area contributed by atoms with E-state index in [1.165, 1.54) is 5.56 Å². The average Bonchev–Trinajstić information content (AvgIpc) is 3.08. The molecule has 0 aliphatic heterocycles.